The number of carbonyl (C=O) groups excluding carboxylic acids is 3. The van der Waals surface area contributed by atoms with Gasteiger partial charge in [-0.1, -0.05) is 6.07 Å². The van der Waals surface area contributed by atoms with Crippen molar-refractivity contribution in [1.82, 2.24) is 0 Å². The van der Waals surface area contributed by atoms with Crippen LogP contribution in [-0.2, 0) is 20.7 Å². The van der Waals surface area contributed by atoms with Gasteiger partial charge in [0.2, 0.25) is 5.91 Å². The molecule has 1 aliphatic rings. The number of carbonyl (C=O) groups is 3. The standard InChI is InChI=1S/C20H19NO6/c1-13(22)21-16-5-3-15(4-6-16)17(23)12-27-20(24)11-14-2-7-18-19(10-14)26-9-8-25-18/h2-7,10H,8-9,11-12H2,1H3,(H,21,22). The molecule has 0 fully saturated rings. The van der Waals surface area contributed by atoms with E-state index in [9.17, 15) is 14.4 Å². The quantitative estimate of drug-likeness (QED) is 0.621. The zero-order valence-corrected chi connectivity index (χ0v) is 14.8. The van der Waals surface area contributed by atoms with E-state index in [0.29, 0.717) is 36.0 Å². The molecule has 0 aliphatic carbocycles. The number of ether oxygens (including phenoxy) is 3. The van der Waals surface area contributed by atoms with Crippen LogP contribution in [0.4, 0.5) is 5.69 Å². The molecular formula is C20H19NO6. The van der Waals surface area contributed by atoms with Crippen molar-refractivity contribution >= 4 is 23.3 Å². The lowest BCUT2D eigenvalue weighted by atomic mass is 10.1. The van der Waals surface area contributed by atoms with Crippen LogP contribution in [0.1, 0.15) is 22.8 Å². The molecule has 0 radical (unpaired) electrons. The van der Waals surface area contributed by atoms with E-state index in [1.165, 1.54) is 6.92 Å². The van der Waals surface area contributed by atoms with Gasteiger partial charge in [0, 0.05) is 18.2 Å². The van der Waals surface area contributed by atoms with Gasteiger partial charge in [0.15, 0.2) is 23.9 Å². The van der Waals surface area contributed by atoms with E-state index in [1.54, 1.807) is 42.5 Å². The Morgan fingerprint density at radius 3 is 2.41 bits per heavy atom. The maximum absolute atomic E-state index is 12.1. The summed E-state index contributed by atoms with van der Waals surface area (Å²) >= 11 is 0. The van der Waals surface area contributed by atoms with Crippen molar-refractivity contribution in [2.45, 2.75) is 13.3 Å². The number of hydrogen-bond acceptors (Lipinski definition) is 6. The van der Waals surface area contributed by atoms with Crippen molar-refractivity contribution in [3.63, 3.8) is 0 Å². The van der Waals surface area contributed by atoms with Crippen molar-refractivity contribution in [3.8, 4) is 11.5 Å². The van der Waals surface area contributed by atoms with E-state index >= 15 is 0 Å². The Labute approximate surface area is 156 Å². The number of fused-ring (bicyclic) bond motifs is 1. The third-order valence-corrected chi connectivity index (χ3v) is 3.85. The van der Waals surface area contributed by atoms with Crippen LogP contribution in [0.15, 0.2) is 42.5 Å². The average molecular weight is 369 g/mol. The van der Waals surface area contributed by atoms with Crippen molar-refractivity contribution in [2.24, 2.45) is 0 Å². The highest BCUT2D eigenvalue weighted by atomic mass is 16.6. The summed E-state index contributed by atoms with van der Waals surface area (Å²) in [4.78, 5) is 35.1. The first-order valence-corrected chi connectivity index (χ1v) is 8.46. The fourth-order valence-corrected chi connectivity index (χ4v) is 2.59. The summed E-state index contributed by atoms with van der Waals surface area (Å²) in [7, 11) is 0. The highest BCUT2D eigenvalue weighted by Gasteiger charge is 2.15. The highest BCUT2D eigenvalue weighted by Crippen LogP contribution is 2.30. The average Bonchev–Trinajstić information content (AvgIpc) is 2.66. The van der Waals surface area contributed by atoms with Gasteiger partial charge in [-0.25, -0.2) is 0 Å². The monoisotopic (exact) mass is 369 g/mol. The number of anilines is 1. The van der Waals surface area contributed by atoms with Crippen LogP contribution in [0.25, 0.3) is 0 Å². The Bertz CT molecular complexity index is 859. The Morgan fingerprint density at radius 2 is 1.70 bits per heavy atom. The molecule has 0 atom stereocenters. The first kappa shape index (κ1) is 18.4. The predicted molar refractivity (Wildman–Crippen MR) is 97.2 cm³/mol. The number of ketones is 1. The summed E-state index contributed by atoms with van der Waals surface area (Å²) in [5.41, 5.74) is 1.71. The molecule has 3 rings (SSSR count). The first-order chi connectivity index (χ1) is 13.0. The molecule has 2 aromatic rings. The van der Waals surface area contributed by atoms with E-state index in [4.69, 9.17) is 14.2 Å². The molecule has 27 heavy (non-hydrogen) atoms. The molecule has 7 nitrogen and oxygen atoms in total. The molecule has 2 aromatic carbocycles. The van der Waals surface area contributed by atoms with Gasteiger partial charge in [-0.2, -0.15) is 0 Å². The van der Waals surface area contributed by atoms with Gasteiger partial charge >= 0.3 is 5.97 Å². The maximum atomic E-state index is 12.1. The normalized spacial score (nSPS) is 12.2. The van der Waals surface area contributed by atoms with Gasteiger partial charge in [-0.3, -0.25) is 14.4 Å². The summed E-state index contributed by atoms with van der Waals surface area (Å²) in [6.45, 7) is 2.03. The molecule has 1 heterocycles. The topological polar surface area (TPSA) is 90.9 Å². The summed E-state index contributed by atoms with van der Waals surface area (Å²) in [5, 5.41) is 2.62. The second kappa shape index (κ2) is 8.35. The maximum Gasteiger partial charge on any atom is 0.310 e. The zero-order chi connectivity index (χ0) is 19.2. The summed E-state index contributed by atoms with van der Waals surface area (Å²) in [5.74, 6) is 0.232. The predicted octanol–water partition coefficient (Wildman–Crippen LogP) is 2.38. The Kier molecular flexibility index (Phi) is 5.71. The van der Waals surface area contributed by atoms with Crippen LogP contribution in [0.2, 0.25) is 0 Å². The highest BCUT2D eigenvalue weighted by molar-refractivity contribution is 5.98. The molecule has 7 heteroatoms. The second-order valence-electron chi connectivity index (χ2n) is 6.00. The molecule has 1 amide bonds. The fourth-order valence-electron chi connectivity index (χ4n) is 2.59. The van der Waals surface area contributed by atoms with Crippen LogP contribution >= 0.6 is 0 Å². The smallest absolute Gasteiger partial charge is 0.310 e. The van der Waals surface area contributed by atoms with Gasteiger partial charge in [0.05, 0.1) is 6.42 Å². The first-order valence-electron chi connectivity index (χ1n) is 8.46. The van der Waals surface area contributed by atoms with Crippen molar-refractivity contribution < 1.29 is 28.6 Å². The van der Waals surface area contributed by atoms with Crippen LogP contribution < -0.4 is 14.8 Å². The van der Waals surface area contributed by atoms with Crippen LogP contribution in [-0.4, -0.2) is 37.5 Å². The van der Waals surface area contributed by atoms with Crippen LogP contribution in [0.5, 0.6) is 11.5 Å². The molecule has 0 saturated carbocycles. The van der Waals surface area contributed by atoms with E-state index < -0.39 is 5.97 Å². The molecule has 1 aliphatic heterocycles. The van der Waals surface area contributed by atoms with Gasteiger partial charge < -0.3 is 19.5 Å². The van der Waals surface area contributed by atoms with E-state index in [2.05, 4.69) is 5.32 Å². The molecule has 0 aromatic heterocycles. The minimum atomic E-state index is -0.505. The number of hydrogen-bond donors (Lipinski definition) is 1. The number of amides is 1. The number of nitrogens with one attached hydrogen (secondary N) is 1. The number of esters is 1. The molecule has 140 valence electrons. The fraction of sp³-hybridized carbons (Fsp3) is 0.250. The van der Waals surface area contributed by atoms with Crippen molar-refractivity contribution in [1.29, 1.82) is 0 Å². The third-order valence-electron chi connectivity index (χ3n) is 3.85. The largest absolute Gasteiger partial charge is 0.486 e. The molecule has 0 bridgehead atoms. The molecule has 0 spiro atoms. The molecule has 1 N–H and O–H groups in total. The number of rotatable bonds is 6. The minimum Gasteiger partial charge on any atom is -0.486 e. The van der Waals surface area contributed by atoms with E-state index in [-0.39, 0.29) is 24.7 Å². The van der Waals surface area contributed by atoms with Gasteiger partial charge in [0.25, 0.3) is 0 Å². The number of benzene rings is 2. The second-order valence-corrected chi connectivity index (χ2v) is 6.00. The van der Waals surface area contributed by atoms with Gasteiger partial charge in [-0.05, 0) is 42.0 Å². The summed E-state index contributed by atoms with van der Waals surface area (Å²) in [6.07, 6.45) is 0.0331. The van der Waals surface area contributed by atoms with E-state index in [1.807, 2.05) is 0 Å². The van der Waals surface area contributed by atoms with Crippen molar-refractivity contribution in [2.75, 3.05) is 25.1 Å². The lowest BCUT2D eigenvalue weighted by Crippen LogP contribution is -2.17. The molecular weight excluding hydrogens is 350 g/mol. The third kappa shape index (κ3) is 5.07. The summed E-state index contributed by atoms with van der Waals surface area (Å²) < 4.78 is 16.0. The zero-order valence-electron chi connectivity index (χ0n) is 14.8. The van der Waals surface area contributed by atoms with Gasteiger partial charge in [0.1, 0.15) is 13.2 Å². The molecule has 0 saturated heterocycles. The lowest BCUT2D eigenvalue weighted by Gasteiger charge is -2.18. The van der Waals surface area contributed by atoms with Crippen LogP contribution in [0.3, 0.4) is 0 Å². The molecule has 0 unspecified atom stereocenters. The van der Waals surface area contributed by atoms with Gasteiger partial charge in [-0.15, -0.1) is 0 Å². The number of Topliss-reactive ketones (excluding diaryl/α,β-unsaturated/α-hetero) is 1. The van der Waals surface area contributed by atoms with E-state index in [0.717, 1.165) is 5.56 Å². The SMILES string of the molecule is CC(=O)Nc1ccc(C(=O)COC(=O)Cc2ccc3c(c2)OCCO3)cc1. The Balaban J connectivity index is 1.51. The Hall–Kier alpha value is -3.35. The lowest BCUT2D eigenvalue weighted by molar-refractivity contribution is -0.141. The minimum absolute atomic E-state index is 0.0331. The van der Waals surface area contributed by atoms with Crippen molar-refractivity contribution in [3.05, 3.63) is 53.6 Å². The summed E-state index contributed by atoms with van der Waals surface area (Å²) in [6, 6.07) is 11.6. The Morgan fingerprint density at radius 1 is 1.00 bits per heavy atom. The van der Waals surface area contributed by atoms with Crippen LogP contribution in [0, 0.1) is 0 Å².